The number of rotatable bonds is 3. The molecule has 2 rings (SSSR count). The average molecular weight is 288 g/mol. The zero-order chi connectivity index (χ0) is 14.0. The summed E-state index contributed by atoms with van der Waals surface area (Å²) in [5.41, 5.74) is 0. The Balaban J connectivity index is 2.10. The highest BCUT2D eigenvalue weighted by molar-refractivity contribution is 7.86. The number of hydrogen-bond acceptors (Lipinski definition) is 3. The molecule has 0 aromatic carbocycles. The Labute approximate surface area is 116 Å². The van der Waals surface area contributed by atoms with Gasteiger partial charge in [-0.2, -0.15) is 17.0 Å². The smallest absolute Gasteiger partial charge is 0.282 e. The van der Waals surface area contributed by atoms with Crippen LogP contribution in [0.4, 0.5) is 0 Å². The van der Waals surface area contributed by atoms with Crippen molar-refractivity contribution in [2.75, 3.05) is 26.2 Å². The van der Waals surface area contributed by atoms with E-state index in [4.69, 9.17) is 0 Å². The van der Waals surface area contributed by atoms with E-state index in [0.29, 0.717) is 38.0 Å². The van der Waals surface area contributed by atoms with Crippen LogP contribution >= 0.6 is 0 Å². The number of piperidine rings is 2. The van der Waals surface area contributed by atoms with Crippen LogP contribution in [0, 0.1) is 17.8 Å². The largest absolute Gasteiger partial charge is 0.303 e. The number of nitrogens with zero attached hydrogens (tertiary/aromatic N) is 2. The topological polar surface area (TPSA) is 57.7 Å². The van der Waals surface area contributed by atoms with Gasteiger partial charge >= 0.3 is 0 Å². The second kappa shape index (κ2) is 5.89. The molecule has 0 bridgehead atoms. The highest BCUT2D eigenvalue weighted by Gasteiger charge is 2.36. The highest BCUT2D eigenvalue weighted by Crippen LogP contribution is 2.26. The van der Waals surface area contributed by atoms with Crippen molar-refractivity contribution < 1.29 is 13.2 Å². The summed E-state index contributed by atoms with van der Waals surface area (Å²) in [5.74, 6) is 0.679. The van der Waals surface area contributed by atoms with E-state index >= 15 is 0 Å². The first kappa shape index (κ1) is 14.9. The fraction of sp³-hybridized carbons (Fsp3) is 0.923. The molecule has 2 saturated heterocycles. The molecule has 0 saturated carbocycles. The standard InChI is InChI=1S/C13H24N2O3S/c1-11-6-12(2)8-15(7-11)19(17,18)14-5-3-4-13(9-14)10-16/h10-13H,3-9H2,1-2H3. The van der Waals surface area contributed by atoms with Gasteiger partial charge in [-0.25, -0.2) is 0 Å². The Bertz CT molecular complexity index is 414. The predicted octanol–water partition coefficient (Wildman–Crippen LogP) is 1.12. The van der Waals surface area contributed by atoms with Gasteiger partial charge in [0.25, 0.3) is 10.2 Å². The van der Waals surface area contributed by atoms with Gasteiger partial charge in [-0.3, -0.25) is 0 Å². The summed E-state index contributed by atoms with van der Waals surface area (Å²) in [6, 6.07) is 0. The van der Waals surface area contributed by atoms with Gasteiger partial charge in [0.2, 0.25) is 0 Å². The van der Waals surface area contributed by atoms with Crippen LogP contribution in [0.5, 0.6) is 0 Å². The Hall–Kier alpha value is -0.460. The maximum absolute atomic E-state index is 12.6. The molecule has 19 heavy (non-hydrogen) atoms. The minimum atomic E-state index is -3.39. The molecule has 0 aromatic heterocycles. The van der Waals surface area contributed by atoms with Crippen molar-refractivity contribution in [1.29, 1.82) is 0 Å². The first-order valence-corrected chi connectivity index (χ1v) is 8.53. The maximum Gasteiger partial charge on any atom is 0.282 e. The molecular weight excluding hydrogens is 264 g/mol. The van der Waals surface area contributed by atoms with Gasteiger partial charge < -0.3 is 4.79 Å². The summed E-state index contributed by atoms with van der Waals surface area (Å²) >= 11 is 0. The van der Waals surface area contributed by atoms with Crippen molar-refractivity contribution in [2.45, 2.75) is 33.1 Å². The SMILES string of the molecule is CC1CC(C)CN(S(=O)(=O)N2CCCC(C=O)C2)C1. The quantitative estimate of drug-likeness (QED) is 0.731. The Kier molecular flexibility index (Phi) is 4.63. The van der Waals surface area contributed by atoms with E-state index in [9.17, 15) is 13.2 Å². The summed E-state index contributed by atoms with van der Waals surface area (Å²) in [7, 11) is -3.39. The predicted molar refractivity (Wildman–Crippen MR) is 73.8 cm³/mol. The number of aldehydes is 1. The minimum Gasteiger partial charge on any atom is -0.303 e. The molecule has 0 radical (unpaired) electrons. The van der Waals surface area contributed by atoms with Gasteiger partial charge in [0.1, 0.15) is 6.29 Å². The van der Waals surface area contributed by atoms with Gasteiger partial charge in [0.05, 0.1) is 0 Å². The van der Waals surface area contributed by atoms with Crippen molar-refractivity contribution in [1.82, 2.24) is 8.61 Å². The van der Waals surface area contributed by atoms with Crippen LogP contribution in [0.25, 0.3) is 0 Å². The Morgan fingerprint density at radius 3 is 2.26 bits per heavy atom. The molecule has 5 nitrogen and oxygen atoms in total. The van der Waals surface area contributed by atoms with Gasteiger partial charge in [0.15, 0.2) is 0 Å². The van der Waals surface area contributed by atoms with Crippen LogP contribution in [0.3, 0.4) is 0 Å². The van der Waals surface area contributed by atoms with E-state index in [1.807, 2.05) is 0 Å². The number of carbonyl (C=O) groups is 1. The molecule has 0 amide bonds. The summed E-state index contributed by atoms with van der Waals surface area (Å²) in [5, 5.41) is 0. The van der Waals surface area contributed by atoms with E-state index in [1.165, 1.54) is 4.31 Å². The lowest BCUT2D eigenvalue weighted by atomic mass is 9.94. The van der Waals surface area contributed by atoms with E-state index in [-0.39, 0.29) is 5.92 Å². The van der Waals surface area contributed by atoms with Crippen LogP contribution < -0.4 is 0 Å². The molecular formula is C13H24N2O3S. The minimum absolute atomic E-state index is 0.136. The molecule has 0 spiro atoms. The molecule has 3 atom stereocenters. The highest BCUT2D eigenvalue weighted by atomic mass is 32.2. The van der Waals surface area contributed by atoms with Crippen LogP contribution in [0.1, 0.15) is 33.1 Å². The van der Waals surface area contributed by atoms with Gasteiger partial charge in [-0.15, -0.1) is 0 Å². The van der Waals surface area contributed by atoms with Crippen LogP contribution in [-0.2, 0) is 15.0 Å². The molecule has 0 aliphatic carbocycles. The van der Waals surface area contributed by atoms with Crippen LogP contribution in [0.2, 0.25) is 0 Å². The van der Waals surface area contributed by atoms with E-state index in [1.54, 1.807) is 4.31 Å². The zero-order valence-electron chi connectivity index (χ0n) is 11.8. The maximum atomic E-state index is 12.6. The van der Waals surface area contributed by atoms with Gasteiger partial charge in [-0.05, 0) is 31.1 Å². The number of carbonyl (C=O) groups excluding carboxylic acids is 1. The molecule has 110 valence electrons. The average Bonchev–Trinajstić information content (AvgIpc) is 2.37. The fourth-order valence-corrected chi connectivity index (χ4v) is 5.20. The third kappa shape index (κ3) is 3.35. The summed E-state index contributed by atoms with van der Waals surface area (Å²) in [6.07, 6.45) is 3.57. The third-order valence-electron chi connectivity index (χ3n) is 4.10. The van der Waals surface area contributed by atoms with Crippen molar-refractivity contribution in [3.05, 3.63) is 0 Å². The molecule has 2 fully saturated rings. The van der Waals surface area contributed by atoms with Crippen LogP contribution in [0.15, 0.2) is 0 Å². The fourth-order valence-electron chi connectivity index (χ4n) is 3.25. The van der Waals surface area contributed by atoms with Gasteiger partial charge in [-0.1, -0.05) is 13.8 Å². The normalized spacial score (nSPS) is 35.2. The Morgan fingerprint density at radius 1 is 1.05 bits per heavy atom. The summed E-state index contributed by atoms with van der Waals surface area (Å²) in [4.78, 5) is 10.9. The molecule has 2 aliphatic rings. The lowest BCUT2D eigenvalue weighted by Gasteiger charge is -2.39. The summed E-state index contributed by atoms with van der Waals surface area (Å²) in [6.45, 7) is 6.31. The summed E-state index contributed by atoms with van der Waals surface area (Å²) < 4.78 is 28.4. The lowest BCUT2D eigenvalue weighted by molar-refractivity contribution is -0.112. The molecule has 0 N–H and O–H groups in total. The van der Waals surface area contributed by atoms with Crippen molar-refractivity contribution in [2.24, 2.45) is 17.8 Å². The monoisotopic (exact) mass is 288 g/mol. The molecule has 6 heteroatoms. The second-order valence-corrected chi connectivity index (χ2v) is 8.10. The van der Waals surface area contributed by atoms with E-state index in [2.05, 4.69) is 13.8 Å². The first-order valence-electron chi connectivity index (χ1n) is 7.14. The molecule has 3 unspecified atom stereocenters. The van der Waals surface area contributed by atoms with E-state index in [0.717, 1.165) is 25.5 Å². The second-order valence-electron chi connectivity index (χ2n) is 6.17. The van der Waals surface area contributed by atoms with Crippen molar-refractivity contribution in [3.63, 3.8) is 0 Å². The van der Waals surface area contributed by atoms with Crippen molar-refractivity contribution >= 4 is 16.5 Å². The number of hydrogen-bond donors (Lipinski definition) is 0. The van der Waals surface area contributed by atoms with E-state index < -0.39 is 10.2 Å². The first-order chi connectivity index (χ1) is 8.93. The Morgan fingerprint density at radius 2 is 1.68 bits per heavy atom. The molecule has 2 heterocycles. The lowest BCUT2D eigenvalue weighted by Crippen LogP contribution is -2.52. The molecule has 2 aliphatic heterocycles. The van der Waals surface area contributed by atoms with Crippen LogP contribution in [-0.4, -0.2) is 49.5 Å². The third-order valence-corrected chi connectivity index (χ3v) is 6.04. The zero-order valence-corrected chi connectivity index (χ0v) is 12.6. The molecule has 0 aromatic rings. The van der Waals surface area contributed by atoms with Crippen molar-refractivity contribution in [3.8, 4) is 0 Å². The van der Waals surface area contributed by atoms with Gasteiger partial charge in [0, 0.05) is 32.1 Å².